The Morgan fingerprint density at radius 2 is 1.28 bits per heavy atom. The van der Waals surface area contributed by atoms with Crippen molar-refractivity contribution >= 4 is 48.2 Å². The van der Waals surface area contributed by atoms with Gasteiger partial charge < -0.3 is 0 Å². The van der Waals surface area contributed by atoms with Crippen LogP contribution in [-0.4, -0.2) is 0 Å². The molecule has 0 atom stereocenters. The van der Waals surface area contributed by atoms with Gasteiger partial charge in [0.1, 0.15) is 0 Å². The first-order chi connectivity index (χ1) is 12.3. The lowest BCUT2D eigenvalue weighted by molar-refractivity contribution is 1.62. The third kappa shape index (κ3) is 2.43. The lowest BCUT2D eigenvalue weighted by Gasteiger charge is -2.11. The van der Waals surface area contributed by atoms with Crippen LogP contribution < -0.4 is 0 Å². The summed E-state index contributed by atoms with van der Waals surface area (Å²) in [5, 5.41) is 7.78. The van der Waals surface area contributed by atoms with Crippen molar-refractivity contribution in [1.82, 2.24) is 0 Å². The van der Waals surface area contributed by atoms with E-state index in [0.29, 0.717) is 0 Å². The van der Waals surface area contributed by atoms with E-state index in [2.05, 4.69) is 107 Å². The third-order valence-electron chi connectivity index (χ3n) is 4.88. The highest BCUT2D eigenvalue weighted by Gasteiger charge is 2.08. The van der Waals surface area contributed by atoms with Crippen molar-refractivity contribution in [1.29, 1.82) is 0 Å². The Labute approximate surface area is 154 Å². The molecule has 0 aliphatic carbocycles. The lowest BCUT2D eigenvalue weighted by atomic mass is 9.93. The second-order valence-electron chi connectivity index (χ2n) is 6.40. The van der Waals surface area contributed by atoms with Crippen LogP contribution in [0, 0.1) is 0 Å². The van der Waals surface area contributed by atoms with Gasteiger partial charge in [-0.25, -0.2) is 0 Å². The van der Waals surface area contributed by atoms with Crippen LogP contribution in [-0.2, 0) is 0 Å². The summed E-state index contributed by atoms with van der Waals surface area (Å²) in [6.45, 7) is 0. The zero-order valence-corrected chi connectivity index (χ0v) is 15.1. The molecule has 0 heterocycles. The molecule has 1 heteroatoms. The zero-order chi connectivity index (χ0) is 16.8. The van der Waals surface area contributed by atoms with Crippen molar-refractivity contribution in [3.8, 4) is 11.1 Å². The standard InChI is InChI=1S/C24H15Br/c25-20-8-3-7-18(14-20)21-9-4-10-22-23(21)12-11-19-13-16-5-1-2-6-17(16)15-24(19)22/h1-15H. The Kier molecular flexibility index (Phi) is 3.36. The molecule has 118 valence electrons. The second-order valence-corrected chi connectivity index (χ2v) is 7.31. The molecule has 0 amide bonds. The summed E-state index contributed by atoms with van der Waals surface area (Å²) in [6, 6.07) is 32.8. The number of halogens is 1. The van der Waals surface area contributed by atoms with Gasteiger partial charge in [0.05, 0.1) is 0 Å². The van der Waals surface area contributed by atoms with Crippen LogP contribution in [0.15, 0.2) is 95.5 Å². The highest BCUT2D eigenvalue weighted by atomic mass is 79.9. The van der Waals surface area contributed by atoms with Crippen LogP contribution in [0.1, 0.15) is 0 Å². The number of hydrogen-bond acceptors (Lipinski definition) is 0. The van der Waals surface area contributed by atoms with Crippen LogP contribution in [0.2, 0.25) is 0 Å². The van der Waals surface area contributed by atoms with Crippen molar-refractivity contribution in [2.24, 2.45) is 0 Å². The lowest BCUT2D eigenvalue weighted by Crippen LogP contribution is -1.84. The molecule has 5 aromatic carbocycles. The van der Waals surface area contributed by atoms with Crippen LogP contribution in [0.5, 0.6) is 0 Å². The number of fused-ring (bicyclic) bond motifs is 4. The van der Waals surface area contributed by atoms with Crippen LogP contribution in [0.25, 0.3) is 43.4 Å². The van der Waals surface area contributed by atoms with E-state index in [9.17, 15) is 0 Å². The molecule has 0 bridgehead atoms. The molecule has 0 saturated heterocycles. The average Bonchev–Trinajstić information content (AvgIpc) is 2.66. The fourth-order valence-electron chi connectivity index (χ4n) is 3.69. The molecule has 0 spiro atoms. The Balaban J connectivity index is 1.88. The van der Waals surface area contributed by atoms with Crippen LogP contribution in [0.4, 0.5) is 0 Å². The molecular weight excluding hydrogens is 368 g/mol. The summed E-state index contributed by atoms with van der Waals surface area (Å²) in [6.07, 6.45) is 0. The molecule has 0 aromatic heterocycles. The predicted octanol–water partition coefficient (Wildman–Crippen LogP) is 7.58. The fraction of sp³-hybridized carbons (Fsp3) is 0. The SMILES string of the molecule is Brc1cccc(-c2cccc3c2ccc2cc4ccccc4cc23)c1. The minimum absolute atomic E-state index is 1.11. The van der Waals surface area contributed by atoms with Gasteiger partial charge in [-0.15, -0.1) is 0 Å². The van der Waals surface area contributed by atoms with E-state index in [1.165, 1.54) is 43.4 Å². The number of hydrogen-bond donors (Lipinski definition) is 0. The van der Waals surface area contributed by atoms with Gasteiger partial charge in [-0.05, 0) is 67.7 Å². The fourth-order valence-corrected chi connectivity index (χ4v) is 4.09. The molecule has 0 nitrogen and oxygen atoms in total. The summed E-state index contributed by atoms with van der Waals surface area (Å²) in [5.41, 5.74) is 2.51. The van der Waals surface area contributed by atoms with Crippen molar-refractivity contribution in [2.75, 3.05) is 0 Å². The quantitative estimate of drug-likeness (QED) is 0.207. The van der Waals surface area contributed by atoms with Crippen LogP contribution in [0.3, 0.4) is 0 Å². The topological polar surface area (TPSA) is 0 Å². The summed E-state index contributed by atoms with van der Waals surface area (Å²) in [4.78, 5) is 0. The molecular formula is C24H15Br. The van der Waals surface area contributed by atoms with Crippen LogP contribution >= 0.6 is 15.9 Å². The minimum Gasteiger partial charge on any atom is -0.0616 e. The molecule has 0 N–H and O–H groups in total. The molecule has 5 aromatic rings. The molecule has 0 fully saturated rings. The van der Waals surface area contributed by atoms with Gasteiger partial charge in [0.25, 0.3) is 0 Å². The first kappa shape index (κ1) is 14.7. The van der Waals surface area contributed by atoms with Gasteiger partial charge in [0.2, 0.25) is 0 Å². The van der Waals surface area contributed by atoms with Gasteiger partial charge in [-0.1, -0.05) is 82.7 Å². The van der Waals surface area contributed by atoms with Gasteiger partial charge in [0.15, 0.2) is 0 Å². The highest BCUT2D eigenvalue weighted by Crippen LogP contribution is 2.35. The Morgan fingerprint density at radius 3 is 2.12 bits per heavy atom. The van der Waals surface area contributed by atoms with E-state index >= 15 is 0 Å². The minimum atomic E-state index is 1.11. The first-order valence-electron chi connectivity index (χ1n) is 8.40. The van der Waals surface area contributed by atoms with E-state index in [-0.39, 0.29) is 0 Å². The maximum absolute atomic E-state index is 3.59. The van der Waals surface area contributed by atoms with Gasteiger partial charge >= 0.3 is 0 Å². The maximum atomic E-state index is 3.59. The van der Waals surface area contributed by atoms with Gasteiger partial charge in [-0.2, -0.15) is 0 Å². The van der Waals surface area contributed by atoms with E-state index < -0.39 is 0 Å². The second kappa shape index (κ2) is 5.72. The normalized spacial score (nSPS) is 11.4. The van der Waals surface area contributed by atoms with E-state index in [0.717, 1.165) is 4.47 Å². The first-order valence-corrected chi connectivity index (χ1v) is 9.19. The molecule has 0 aliphatic rings. The summed E-state index contributed by atoms with van der Waals surface area (Å²) in [5.74, 6) is 0. The zero-order valence-electron chi connectivity index (χ0n) is 13.5. The van der Waals surface area contributed by atoms with Crippen molar-refractivity contribution in [2.45, 2.75) is 0 Å². The Morgan fingerprint density at radius 1 is 0.480 bits per heavy atom. The van der Waals surface area contributed by atoms with Gasteiger partial charge in [0, 0.05) is 4.47 Å². The highest BCUT2D eigenvalue weighted by molar-refractivity contribution is 9.10. The summed E-state index contributed by atoms with van der Waals surface area (Å²) in [7, 11) is 0. The van der Waals surface area contributed by atoms with Crippen molar-refractivity contribution < 1.29 is 0 Å². The molecule has 0 radical (unpaired) electrons. The Hall–Kier alpha value is -2.64. The monoisotopic (exact) mass is 382 g/mol. The van der Waals surface area contributed by atoms with E-state index in [1.807, 2.05) is 0 Å². The smallest absolute Gasteiger partial charge is 0.0181 e. The molecule has 5 rings (SSSR count). The van der Waals surface area contributed by atoms with Gasteiger partial charge in [-0.3, -0.25) is 0 Å². The maximum Gasteiger partial charge on any atom is 0.0181 e. The predicted molar refractivity (Wildman–Crippen MR) is 112 cm³/mol. The van der Waals surface area contributed by atoms with Crippen molar-refractivity contribution in [3.05, 3.63) is 95.5 Å². The van der Waals surface area contributed by atoms with Crippen molar-refractivity contribution in [3.63, 3.8) is 0 Å². The molecule has 0 aliphatic heterocycles. The largest absolute Gasteiger partial charge is 0.0616 e. The average molecular weight is 383 g/mol. The van der Waals surface area contributed by atoms with E-state index in [4.69, 9.17) is 0 Å². The third-order valence-corrected chi connectivity index (χ3v) is 5.37. The Bertz CT molecular complexity index is 1250. The molecule has 0 saturated carbocycles. The number of rotatable bonds is 1. The molecule has 25 heavy (non-hydrogen) atoms. The van der Waals surface area contributed by atoms with E-state index in [1.54, 1.807) is 0 Å². The molecule has 0 unspecified atom stereocenters. The summed E-state index contributed by atoms with van der Waals surface area (Å²) < 4.78 is 1.11. The number of benzene rings is 5. The summed E-state index contributed by atoms with van der Waals surface area (Å²) >= 11 is 3.59.